The van der Waals surface area contributed by atoms with Crippen LogP contribution in [0.5, 0.6) is 0 Å². The molecule has 1 atom stereocenters. The first-order valence-corrected chi connectivity index (χ1v) is 11.6. The van der Waals surface area contributed by atoms with Gasteiger partial charge >= 0.3 is 5.97 Å². The van der Waals surface area contributed by atoms with E-state index in [4.69, 9.17) is 9.26 Å². The summed E-state index contributed by atoms with van der Waals surface area (Å²) in [7, 11) is 0. The number of rotatable bonds is 4. The van der Waals surface area contributed by atoms with Gasteiger partial charge in [-0.15, -0.1) is 11.3 Å². The molecule has 168 valence electrons. The van der Waals surface area contributed by atoms with Gasteiger partial charge in [-0.05, 0) is 57.9 Å². The molecule has 1 amide bonds. The largest absolute Gasteiger partial charge is 0.449 e. The highest BCUT2D eigenvalue weighted by Crippen LogP contribution is 2.33. The summed E-state index contributed by atoms with van der Waals surface area (Å²) in [6.07, 6.45) is -0.156. The van der Waals surface area contributed by atoms with Crippen molar-refractivity contribution in [2.24, 2.45) is 0 Å². The first kappa shape index (κ1) is 21.3. The fourth-order valence-corrected chi connectivity index (χ4v) is 5.27. The number of thiophene rings is 1. The Morgan fingerprint density at radius 2 is 1.97 bits per heavy atom. The number of esters is 1. The molecule has 0 saturated carbocycles. The third-order valence-corrected chi connectivity index (χ3v) is 6.90. The van der Waals surface area contributed by atoms with Crippen molar-refractivity contribution in [3.63, 3.8) is 0 Å². The van der Waals surface area contributed by atoms with Crippen molar-refractivity contribution < 1.29 is 18.8 Å². The van der Waals surface area contributed by atoms with E-state index in [1.54, 1.807) is 36.2 Å². The average molecular weight is 462 g/mol. The summed E-state index contributed by atoms with van der Waals surface area (Å²) < 4.78 is 11.0. The van der Waals surface area contributed by atoms with Crippen LogP contribution in [0, 0.1) is 20.8 Å². The Kier molecular flexibility index (Phi) is 5.25. The summed E-state index contributed by atoms with van der Waals surface area (Å²) in [5, 5.41) is 4.49. The standard InChI is InChI=1S/C25H23N3O4S/c1-13-11-18(16(4)33-13)20-12-19(22-14(2)27-32-23(22)26-20)25(30)31-15(3)24(29)28-10-9-17-7-5-6-8-21(17)28/h5-8,11-12,15H,9-10H2,1-4H3. The molecule has 5 rings (SSSR count). The molecular weight excluding hydrogens is 438 g/mol. The quantitative estimate of drug-likeness (QED) is 0.397. The number of anilines is 1. The maximum Gasteiger partial charge on any atom is 0.339 e. The first-order valence-electron chi connectivity index (χ1n) is 10.8. The zero-order valence-corrected chi connectivity index (χ0v) is 19.7. The molecule has 1 aromatic carbocycles. The predicted octanol–water partition coefficient (Wildman–Crippen LogP) is 5.01. The first-order chi connectivity index (χ1) is 15.8. The van der Waals surface area contributed by atoms with Gasteiger partial charge in [-0.2, -0.15) is 0 Å². The van der Waals surface area contributed by atoms with Crippen molar-refractivity contribution in [1.29, 1.82) is 0 Å². The minimum atomic E-state index is -0.944. The second-order valence-corrected chi connectivity index (χ2v) is 9.71. The van der Waals surface area contributed by atoms with Gasteiger partial charge in [-0.3, -0.25) is 4.79 Å². The molecule has 33 heavy (non-hydrogen) atoms. The van der Waals surface area contributed by atoms with Crippen LogP contribution in [0.2, 0.25) is 0 Å². The van der Waals surface area contributed by atoms with Gasteiger partial charge in [0.05, 0.1) is 22.3 Å². The Labute approximate surface area is 195 Å². The number of carbonyl (C=O) groups is 2. The number of fused-ring (bicyclic) bond motifs is 2. The summed E-state index contributed by atoms with van der Waals surface area (Å²) in [4.78, 5) is 34.9. The predicted molar refractivity (Wildman–Crippen MR) is 127 cm³/mol. The molecule has 1 aliphatic heterocycles. The number of ether oxygens (including phenoxy) is 1. The van der Waals surface area contributed by atoms with E-state index in [0.717, 1.165) is 33.0 Å². The molecular formula is C25H23N3O4S. The second-order valence-electron chi connectivity index (χ2n) is 8.25. The number of benzene rings is 1. The molecule has 3 aromatic heterocycles. The van der Waals surface area contributed by atoms with Crippen LogP contribution in [-0.4, -0.2) is 34.7 Å². The number of pyridine rings is 1. The Morgan fingerprint density at radius 1 is 1.18 bits per heavy atom. The number of aryl methyl sites for hydroxylation is 3. The summed E-state index contributed by atoms with van der Waals surface area (Å²) in [5.41, 5.74) is 4.64. The summed E-state index contributed by atoms with van der Waals surface area (Å²) >= 11 is 1.66. The van der Waals surface area contributed by atoms with Gasteiger partial charge in [0.1, 0.15) is 0 Å². The van der Waals surface area contributed by atoms with Crippen molar-refractivity contribution in [2.75, 3.05) is 11.4 Å². The van der Waals surface area contributed by atoms with E-state index in [2.05, 4.69) is 10.1 Å². The minimum absolute atomic E-state index is 0.245. The summed E-state index contributed by atoms with van der Waals surface area (Å²) in [5.74, 6) is -0.849. The van der Waals surface area contributed by atoms with Gasteiger partial charge in [0.2, 0.25) is 0 Å². The SMILES string of the molecule is Cc1cc(-c2cc(C(=O)OC(C)C(=O)N3CCc4ccccc43)c3c(C)noc3n2)c(C)s1. The highest BCUT2D eigenvalue weighted by Gasteiger charge is 2.31. The van der Waals surface area contributed by atoms with Crippen molar-refractivity contribution in [3.8, 4) is 11.3 Å². The number of amides is 1. The van der Waals surface area contributed by atoms with E-state index < -0.39 is 12.1 Å². The van der Waals surface area contributed by atoms with Crippen molar-refractivity contribution in [2.45, 2.75) is 40.2 Å². The molecule has 8 heteroatoms. The van der Waals surface area contributed by atoms with Gasteiger partial charge in [0.15, 0.2) is 6.10 Å². The van der Waals surface area contributed by atoms with Gasteiger partial charge in [0, 0.05) is 27.5 Å². The molecule has 0 N–H and O–H groups in total. The molecule has 4 heterocycles. The number of para-hydroxylation sites is 1. The van der Waals surface area contributed by atoms with Gasteiger partial charge in [-0.25, -0.2) is 9.78 Å². The summed E-state index contributed by atoms with van der Waals surface area (Å²) in [6.45, 7) is 7.96. The molecule has 1 unspecified atom stereocenters. The normalized spacial score (nSPS) is 13.9. The van der Waals surface area contributed by atoms with Crippen LogP contribution in [0.15, 0.2) is 40.9 Å². The Morgan fingerprint density at radius 3 is 2.73 bits per heavy atom. The van der Waals surface area contributed by atoms with Gasteiger partial charge < -0.3 is 14.2 Å². The van der Waals surface area contributed by atoms with Crippen LogP contribution in [0.3, 0.4) is 0 Å². The molecule has 4 aromatic rings. The molecule has 0 radical (unpaired) electrons. The van der Waals surface area contributed by atoms with Gasteiger partial charge in [-0.1, -0.05) is 23.4 Å². The molecule has 0 saturated heterocycles. The fourth-order valence-electron chi connectivity index (χ4n) is 4.34. The van der Waals surface area contributed by atoms with Crippen LogP contribution in [-0.2, 0) is 16.0 Å². The zero-order chi connectivity index (χ0) is 23.3. The van der Waals surface area contributed by atoms with E-state index in [1.165, 1.54) is 0 Å². The Bertz CT molecular complexity index is 1400. The lowest BCUT2D eigenvalue weighted by Crippen LogP contribution is -2.39. The number of nitrogens with zero attached hydrogens (tertiary/aromatic N) is 3. The van der Waals surface area contributed by atoms with Gasteiger partial charge in [0.25, 0.3) is 11.6 Å². The van der Waals surface area contributed by atoms with Crippen molar-refractivity contribution in [1.82, 2.24) is 10.1 Å². The van der Waals surface area contributed by atoms with E-state index in [1.807, 2.05) is 44.2 Å². The third-order valence-electron chi connectivity index (χ3n) is 5.94. The second kappa shape index (κ2) is 8.12. The molecule has 7 nitrogen and oxygen atoms in total. The smallest absolute Gasteiger partial charge is 0.339 e. The van der Waals surface area contributed by atoms with E-state index >= 15 is 0 Å². The number of aromatic nitrogens is 2. The average Bonchev–Trinajstić information content (AvgIpc) is 3.49. The molecule has 1 aliphatic rings. The zero-order valence-electron chi connectivity index (χ0n) is 18.8. The highest BCUT2D eigenvalue weighted by molar-refractivity contribution is 7.12. The maximum atomic E-state index is 13.3. The molecule has 0 spiro atoms. The molecule has 0 aliphatic carbocycles. The van der Waals surface area contributed by atoms with Crippen LogP contribution < -0.4 is 4.90 Å². The Balaban J connectivity index is 1.46. The monoisotopic (exact) mass is 461 g/mol. The van der Waals surface area contributed by atoms with Crippen molar-refractivity contribution >= 4 is 40.0 Å². The van der Waals surface area contributed by atoms with E-state index in [9.17, 15) is 9.59 Å². The third kappa shape index (κ3) is 3.70. The molecule has 0 bridgehead atoms. The molecule has 0 fully saturated rings. The van der Waals surface area contributed by atoms with Crippen LogP contribution in [0.25, 0.3) is 22.4 Å². The number of carbonyl (C=O) groups excluding carboxylic acids is 2. The lowest BCUT2D eigenvalue weighted by molar-refractivity contribution is -0.126. The lowest BCUT2D eigenvalue weighted by atomic mass is 10.1. The minimum Gasteiger partial charge on any atom is -0.449 e. The van der Waals surface area contributed by atoms with Crippen molar-refractivity contribution in [3.05, 3.63) is 63.0 Å². The van der Waals surface area contributed by atoms with E-state index in [0.29, 0.717) is 28.9 Å². The van der Waals surface area contributed by atoms with Crippen LogP contribution in [0.1, 0.15) is 38.3 Å². The van der Waals surface area contributed by atoms with Crippen LogP contribution >= 0.6 is 11.3 Å². The topological polar surface area (TPSA) is 85.5 Å². The summed E-state index contributed by atoms with van der Waals surface area (Å²) in [6, 6.07) is 11.5. The fraction of sp³-hybridized carbons (Fsp3) is 0.280. The number of hydrogen-bond donors (Lipinski definition) is 0. The van der Waals surface area contributed by atoms with Crippen LogP contribution in [0.4, 0.5) is 5.69 Å². The lowest BCUT2D eigenvalue weighted by Gasteiger charge is -2.22. The Hall–Kier alpha value is -3.52. The maximum absolute atomic E-state index is 13.3. The number of hydrogen-bond acceptors (Lipinski definition) is 7. The van der Waals surface area contributed by atoms with E-state index in [-0.39, 0.29) is 11.6 Å². The highest BCUT2D eigenvalue weighted by atomic mass is 32.1.